The Bertz CT molecular complexity index is 442. The topological polar surface area (TPSA) is 64.4 Å². The number of amides is 1. The van der Waals surface area contributed by atoms with Crippen LogP contribution in [0.2, 0.25) is 0 Å². The monoisotopic (exact) mass is 276 g/mol. The van der Waals surface area contributed by atoms with Crippen molar-refractivity contribution in [2.45, 2.75) is 38.6 Å². The van der Waals surface area contributed by atoms with Crippen LogP contribution in [0.15, 0.2) is 24.3 Å². The standard InChI is InChI=1S/C16H24N2O2/c1-12(13-8-10-20-11-9-13)18-16(19)7-6-14-4-2-3-5-15(14)17/h2-5,12-13H,6-11,17H2,1H3,(H,18,19). The maximum absolute atomic E-state index is 12.0. The summed E-state index contributed by atoms with van der Waals surface area (Å²) in [5, 5.41) is 3.10. The van der Waals surface area contributed by atoms with Gasteiger partial charge in [-0.25, -0.2) is 0 Å². The molecule has 0 bridgehead atoms. The van der Waals surface area contributed by atoms with Gasteiger partial charge in [-0.2, -0.15) is 0 Å². The fourth-order valence-corrected chi connectivity index (χ4v) is 2.67. The third-order valence-electron chi connectivity index (χ3n) is 4.04. The molecule has 0 spiro atoms. The van der Waals surface area contributed by atoms with Crippen LogP contribution in [-0.4, -0.2) is 25.2 Å². The fraction of sp³-hybridized carbons (Fsp3) is 0.562. The number of para-hydroxylation sites is 1. The Kier molecular flexibility index (Phi) is 5.41. The number of benzene rings is 1. The highest BCUT2D eigenvalue weighted by molar-refractivity contribution is 5.76. The van der Waals surface area contributed by atoms with E-state index in [1.165, 1.54) is 0 Å². The van der Waals surface area contributed by atoms with Crippen LogP contribution >= 0.6 is 0 Å². The van der Waals surface area contributed by atoms with Crippen molar-refractivity contribution < 1.29 is 9.53 Å². The average Bonchev–Trinajstić information content (AvgIpc) is 2.47. The predicted molar refractivity (Wildman–Crippen MR) is 80.3 cm³/mol. The summed E-state index contributed by atoms with van der Waals surface area (Å²) in [6.45, 7) is 3.71. The van der Waals surface area contributed by atoms with Gasteiger partial charge in [0, 0.05) is 31.4 Å². The highest BCUT2D eigenvalue weighted by atomic mass is 16.5. The van der Waals surface area contributed by atoms with Gasteiger partial charge in [-0.1, -0.05) is 18.2 Å². The van der Waals surface area contributed by atoms with Crippen molar-refractivity contribution in [2.75, 3.05) is 18.9 Å². The zero-order chi connectivity index (χ0) is 14.4. The molecule has 20 heavy (non-hydrogen) atoms. The number of hydrogen-bond acceptors (Lipinski definition) is 3. The van der Waals surface area contributed by atoms with Crippen LogP contribution in [-0.2, 0) is 16.0 Å². The smallest absolute Gasteiger partial charge is 0.220 e. The summed E-state index contributed by atoms with van der Waals surface area (Å²) < 4.78 is 5.35. The molecule has 0 saturated carbocycles. The maximum Gasteiger partial charge on any atom is 0.220 e. The number of ether oxygens (including phenoxy) is 1. The van der Waals surface area contributed by atoms with Crippen molar-refractivity contribution in [3.8, 4) is 0 Å². The van der Waals surface area contributed by atoms with E-state index in [1.807, 2.05) is 24.3 Å². The van der Waals surface area contributed by atoms with Gasteiger partial charge in [-0.15, -0.1) is 0 Å². The molecule has 1 saturated heterocycles. The number of rotatable bonds is 5. The molecular formula is C16H24N2O2. The molecule has 0 radical (unpaired) electrons. The molecule has 1 aliphatic rings. The van der Waals surface area contributed by atoms with Crippen LogP contribution in [0.3, 0.4) is 0 Å². The van der Waals surface area contributed by atoms with Gasteiger partial charge >= 0.3 is 0 Å². The van der Waals surface area contributed by atoms with Crippen molar-refractivity contribution in [3.05, 3.63) is 29.8 Å². The molecule has 4 nitrogen and oxygen atoms in total. The van der Waals surface area contributed by atoms with Crippen LogP contribution < -0.4 is 11.1 Å². The molecular weight excluding hydrogens is 252 g/mol. The second-order valence-corrected chi connectivity index (χ2v) is 5.50. The van der Waals surface area contributed by atoms with Gasteiger partial charge < -0.3 is 15.8 Å². The molecule has 1 amide bonds. The molecule has 1 aromatic rings. The zero-order valence-corrected chi connectivity index (χ0v) is 12.1. The van der Waals surface area contributed by atoms with Gasteiger partial charge in [0.1, 0.15) is 0 Å². The molecule has 0 aliphatic carbocycles. The quantitative estimate of drug-likeness (QED) is 0.810. The van der Waals surface area contributed by atoms with Gasteiger partial charge in [0.2, 0.25) is 5.91 Å². The van der Waals surface area contributed by atoms with E-state index in [9.17, 15) is 4.79 Å². The number of carbonyl (C=O) groups excluding carboxylic acids is 1. The Hall–Kier alpha value is -1.55. The lowest BCUT2D eigenvalue weighted by Crippen LogP contribution is -2.40. The van der Waals surface area contributed by atoms with E-state index in [-0.39, 0.29) is 11.9 Å². The number of aryl methyl sites for hydroxylation is 1. The molecule has 1 aliphatic heterocycles. The van der Waals surface area contributed by atoms with Gasteiger partial charge in [0.25, 0.3) is 0 Å². The number of nitrogens with one attached hydrogen (secondary N) is 1. The molecule has 110 valence electrons. The summed E-state index contributed by atoms with van der Waals surface area (Å²) in [5.74, 6) is 0.640. The first kappa shape index (κ1) is 14.9. The third-order valence-corrected chi connectivity index (χ3v) is 4.04. The van der Waals surface area contributed by atoms with Crippen molar-refractivity contribution in [1.29, 1.82) is 0 Å². The second kappa shape index (κ2) is 7.29. The Labute approximate surface area is 120 Å². The lowest BCUT2D eigenvalue weighted by Gasteiger charge is -2.28. The zero-order valence-electron chi connectivity index (χ0n) is 12.1. The molecule has 4 heteroatoms. The van der Waals surface area contributed by atoms with Crippen LogP contribution in [0.4, 0.5) is 5.69 Å². The van der Waals surface area contributed by atoms with Gasteiger partial charge in [0.15, 0.2) is 0 Å². The normalized spacial score (nSPS) is 17.6. The summed E-state index contributed by atoms with van der Waals surface area (Å²) >= 11 is 0. The van der Waals surface area contributed by atoms with E-state index in [2.05, 4.69) is 12.2 Å². The fourth-order valence-electron chi connectivity index (χ4n) is 2.67. The molecule has 0 aromatic heterocycles. The Morgan fingerprint density at radius 2 is 2.10 bits per heavy atom. The molecule has 3 N–H and O–H groups in total. The number of nitrogens with two attached hydrogens (primary N) is 1. The van der Waals surface area contributed by atoms with Gasteiger partial charge in [-0.05, 0) is 43.7 Å². The number of anilines is 1. The summed E-state index contributed by atoms with van der Waals surface area (Å²) in [7, 11) is 0. The third kappa shape index (κ3) is 4.23. The van der Waals surface area contributed by atoms with Gasteiger partial charge in [-0.3, -0.25) is 4.79 Å². The van der Waals surface area contributed by atoms with Crippen molar-refractivity contribution in [1.82, 2.24) is 5.32 Å². The predicted octanol–water partition coefficient (Wildman–Crippen LogP) is 2.13. The molecule has 1 unspecified atom stereocenters. The van der Waals surface area contributed by atoms with E-state index in [0.29, 0.717) is 18.8 Å². The van der Waals surface area contributed by atoms with Crippen LogP contribution in [0.1, 0.15) is 31.7 Å². The average molecular weight is 276 g/mol. The first-order valence-electron chi connectivity index (χ1n) is 7.37. The largest absolute Gasteiger partial charge is 0.399 e. The first-order valence-corrected chi connectivity index (χ1v) is 7.37. The number of nitrogen functional groups attached to an aromatic ring is 1. The summed E-state index contributed by atoms with van der Waals surface area (Å²) in [6.07, 6.45) is 3.25. The Balaban J connectivity index is 1.76. The van der Waals surface area contributed by atoms with Crippen molar-refractivity contribution in [2.24, 2.45) is 5.92 Å². The lowest BCUT2D eigenvalue weighted by atomic mass is 9.93. The second-order valence-electron chi connectivity index (χ2n) is 5.50. The maximum atomic E-state index is 12.0. The Morgan fingerprint density at radius 3 is 2.80 bits per heavy atom. The summed E-state index contributed by atoms with van der Waals surface area (Å²) in [5.41, 5.74) is 7.68. The Morgan fingerprint density at radius 1 is 1.40 bits per heavy atom. The lowest BCUT2D eigenvalue weighted by molar-refractivity contribution is -0.122. The summed E-state index contributed by atoms with van der Waals surface area (Å²) in [6, 6.07) is 7.93. The van der Waals surface area contributed by atoms with Gasteiger partial charge in [0.05, 0.1) is 0 Å². The van der Waals surface area contributed by atoms with E-state index in [1.54, 1.807) is 0 Å². The molecule has 1 fully saturated rings. The molecule has 2 rings (SSSR count). The first-order chi connectivity index (χ1) is 9.66. The van der Waals surface area contributed by atoms with Crippen LogP contribution in [0.5, 0.6) is 0 Å². The van der Waals surface area contributed by atoms with Crippen molar-refractivity contribution >= 4 is 11.6 Å². The minimum absolute atomic E-state index is 0.104. The minimum atomic E-state index is 0.104. The van der Waals surface area contributed by atoms with E-state index in [0.717, 1.165) is 37.3 Å². The molecule has 1 atom stereocenters. The van der Waals surface area contributed by atoms with Crippen molar-refractivity contribution in [3.63, 3.8) is 0 Å². The number of carbonyl (C=O) groups is 1. The van der Waals surface area contributed by atoms with Crippen LogP contribution in [0, 0.1) is 5.92 Å². The molecule has 1 aromatic carbocycles. The molecule has 1 heterocycles. The number of hydrogen-bond donors (Lipinski definition) is 2. The SMILES string of the molecule is CC(NC(=O)CCc1ccccc1N)C1CCOCC1. The summed E-state index contributed by atoms with van der Waals surface area (Å²) in [4.78, 5) is 12.0. The highest BCUT2D eigenvalue weighted by Crippen LogP contribution is 2.19. The van der Waals surface area contributed by atoms with E-state index < -0.39 is 0 Å². The van der Waals surface area contributed by atoms with Crippen LogP contribution in [0.25, 0.3) is 0 Å². The van der Waals surface area contributed by atoms with E-state index >= 15 is 0 Å². The highest BCUT2D eigenvalue weighted by Gasteiger charge is 2.21. The van der Waals surface area contributed by atoms with E-state index in [4.69, 9.17) is 10.5 Å². The minimum Gasteiger partial charge on any atom is -0.399 e.